The van der Waals surface area contributed by atoms with Gasteiger partial charge in [-0.3, -0.25) is 0 Å². The fourth-order valence-electron chi connectivity index (χ4n) is 1.34. The van der Waals surface area contributed by atoms with Crippen LogP contribution in [0.2, 0.25) is 0 Å². The van der Waals surface area contributed by atoms with Crippen LogP contribution in [0.4, 0.5) is 22.0 Å². The number of pyridine rings is 1. The third-order valence-electron chi connectivity index (χ3n) is 2.03. The van der Waals surface area contributed by atoms with Crippen LogP contribution in [0.15, 0.2) is 24.3 Å². The quantitative estimate of drug-likeness (QED) is 0.634. The molecule has 0 aliphatic carbocycles. The zero-order valence-electron chi connectivity index (χ0n) is 7.65. The molecule has 0 saturated carbocycles. The molecule has 0 amide bonds. The van der Waals surface area contributed by atoms with Crippen LogP contribution >= 0.6 is 0 Å². The van der Waals surface area contributed by atoms with Crippen molar-refractivity contribution >= 4 is 10.9 Å². The van der Waals surface area contributed by atoms with Gasteiger partial charge in [0.05, 0.1) is 10.9 Å². The van der Waals surface area contributed by atoms with Gasteiger partial charge < -0.3 is 0 Å². The fraction of sp³-hybridized carbons (Fsp3) is 0.100. The molecule has 16 heavy (non-hydrogen) atoms. The van der Waals surface area contributed by atoms with Crippen LogP contribution in [0.25, 0.3) is 10.9 Å². The first kappa shape index (κ1) is 10.8. The Labute approximate surface area is 86.5 Å². The predicted octanol–water partition coefficient (Wildman–Crippen LogP) is 3.53. The summed E-state index contributed by atoms with van der Waals surface area (Å²) in [6.07, 6.45) is -4.75. The lowest BCUT2D eigenvalue weighted by molar-refractivity contribution is -0.141. The average molecular weight is 233 g/mol. The molecule has 2 aromatic rings. The van der Waals surface area contributed by atoms with Crippen LogP contribution in [0.1, 0.15) is 5.69 Å². The molecule has 2 rings (SSSR count). The number of nitrogens with zero attached hydrogens (tertiary/aromatic N) is 1. The van der Waals surface area contributed by atoms with Crippen LogP contribution in [-0.2, 0) is 6.18 Å². The van der Waals surface area contributed by atoms with Crippen LogP contribution < -0.4 is 0 Å². The fourth-order valence-corrected chi connectivity index (χ4v) is 1.34. The molecule has 0 spiro atoms. The molecular formula is C10H4F5N. The van der Waals surface area contributed by atoms with Crippen molar-refractivity contribution < 1.29 is 22.0 Å². The van der Waals surface area contributed by atoms with E-state index in [-0.39, 0.29) is 11.6 Å². The largest absolute Gasteiger partial charge is 0.433 e. The minimum absolute atomic E-state index is 0.186. The van der Waals surface area contributed by atoms with E-state index in [1.165, 1.54) is 6.07 Å². The lowest BCUT2D eigenvalue weighted by Gasteiger charge is -2.07. The van der Waals surface area contributed by atoms with Gasteiger partial charge in [-0.05, 0) is 12.1 Å². The van der Waals surface area contributed by atoms with E-state index in [2.05, 4.69) is 4.98 Å². The Kier molecular flexibility index (Phi) is 2.29. The summed E-state index contributed by atoms with van der Waals surface area (Å²) < 4.78 is 63.2. The molecule has 0 aliphatic rings. The van der Waals surface area contributed by atoms with Crippen molar-refractivity contribution in [1.29, 1.82) is 0 Å². The van der Waals surface area contributed by atoms with E-state index in [9.17, 15) is 22.0 Å². The number of aromatic nitrogens is 1. The molecule has 1 nitrogen and oxygen atoms in total. The highest BCUT2D eigenvalue weighted by molar-refractivity contribution is 5.80. The predicted molar refractivity (Wildman–Crippen MR) is 46.7 cm³/mol. The summed E-state index contributed by atoms with van der Waals surface area (Å²) in [5.41, 5.74) is -1.73. The maximum Gasteiger partial charge on any atom is 0.433 e. The Morgan fingerprint density at radius 2 is 1.69 bits per heavy atom. The van der Waals surface area contributed by atoms with Gasteiger partial charge in [-0.2, -0.15) is 13.2 Å². The molecule has 6 heteroatoms. The molecule has 0 N–H and O–H groups in total. The number of alkyl halides is 3. The summed E-state index contributed by atoms with van der Waals surface area (Å²) in [4.78, 5) is 3.16. The molecule has 0 aliphatic heterocycles. The van der Waals surface area contributed by atoms with E-state index >= 15 is 0 Å². The van der Waals surface area contributed by atoms with Gasteiger partial charge in [0.1, 0.15) is 17.3 Å². The molecule has 0 radical (unpaired) electrons. The zero-order valence-corrected chi connectivity index (χ0v) is 7.65. The minimum Gasteiger partial charge on any atom is -0.243 e. The monoisotopic (exact) mass is 233 g/mol. The highest BCUT2D eigenvalue weighted by atomic mass is 19.4. The third-order valence-corrected chi connectivity index (χ3v) is 2.03. The second kappa shape index (κ2) is 3.40. The second-order valence-corrected chi connectivity index (χ2v) is 3.12. The van der Waals surface area contributed by atoms with E-state index in [0.29, 0.717) is 0 Å². The zero-order chi connectivity index (χ0) is 11.9. The summed E-state index contributed by atoms with van der Waals surface area (Å²) in [6, 6.07) is 3.44. The molecule has 84 valence electrons. The van der Waals surface area contributed by atoms with E-state index in [1.807, 2.05) is 0 Å². The summed E-state index contributed by atoms with van der Waals surface area (Å²) in [5, 5.41) is -0.532. The maximum atomic E-state index is 13.3. The Morgan fingerprint density at radius 3 is 2.31 bits per heavy atom. The Balaban J connectivity index is 2.79. The minimum atomic E-state index is -4.75. The van der Waals surface area contributed by atoms with Gasteiger partial charge in [-0.1, -0.05) is 6.07 Å². The first-order valence-corrected chi connectivity index (χ1v) is 4.21. The summed E-state index contributed by atoms with van der Waals surface area (Å²) in [5.74, 6) is -2.20. The number of benzene rings is 1. The second-order valence-electron chi connectivity index (χ2n) is 3.12. The van der Waals surface area contributed by atoms with Gasteiger partial charge in [0.25, 0.3) is 0 Å². The van der Waals surface area contributed by atoms with Crippen molar-refractivity contribution in [3.63, 3.8) is 0 Å². The molecule has 0 bridgehead atoms. The molecule has 0 unspecified atom stereocenters. The van der Waals surface area contributed by atoms with Crippen molar-refractivity contribution in [2.45, 2.75) is 6.18 Å². The van der Waals surface area contributed by atoms with Gasteiger partial charge in [0, 0.05) is 6.07 Å². The SMILES string of the molecule is Fc1cccc2nc(C(F)(F)F)cc(F)c12. The summed E-state index contributed by atoms with van der Waals surface area (Å²) in [7, 11) is 0. The molecule has 0 atom stereocenters. The number of fused-ring (bicyclic) bond motifs is 1. The molecule has 1 aromatic heterocycles. The van der Waals surface area contributed by atoms with E-state index in [1.54, 1.807) is 0 Å². The van der Waals surface area contributed by atoms with Gasteiger partial charge >= 0.3 is 6.18 Å². The Morgan fingerprint density at radius 1 is 1.00 bits per heavy atom. The van der Waals surface area contributed by atoms with E-state index < -0.39 is 28.9 Å². The Hall–Kier alpha value is -1.72. The number of rotatable bonds is 0. The molecule has 1 aromatic carbocycles. The standard InChI is InChI=1S/C10H4F5N/c11-5-2-1-3-7-9(5)6(12)4-8(16-7)10(13,14)15/h1-4H. The van der Waals surface area contributed by atoms with Crippen molar-refractivity contribution in [3.8, 4) is 0 Å². The highest BCUT2D eigenvalue weighted by Gasteiger charge is 2.33. The van der Waals surface area contributed by atoms with Gasteiger partial charge in [0.2, 0.25) is 0 Å². The van der Waals surface area contributed by atoms with Crippen molar-refractivity contribution in [1.82, 2.24) is 4.98 Å². The Bertz CT molecular complexity index is 547. The first-order chi connectivity index (χ1) is 7.39. The van der Waals surface area contributed by atoms with E-state index in [4.69, 9.17) is 0 Å². The lowest BCUT2D eigenvalue weighted by atomic mass is 10.2. The smallest absolute Gasteiger partial charge is 0.243 e. The van der Waals surface area contributed by atoms with Crippen LogP contribution in [0.5, 0.6) is 0 Å². The van der Waals surface area contributed by atoms with Crippen molar-refractivity contribution in [3.05, 3.63) is 41.6 Å². The van der Waals surface area contributed by atoms with Crippen LogP contribution in [-0.4, -0.2) is 4.98 Å². The molecular weight excluding hydrogens is 229 g/mol. The van der Waals surface area contributed by atoms with Crippen LogP contribution in [0.3, 0.4) is 0 Å². The van der Waals surface area contributed by atoms with Gasteiger partial charge in [-0.25, -0.2) is 13.8 Å². The van der Waals surface area contributed by atoms with Gasteiger partial charge in [-0.15, -0.1) is 0 Å². The maximum absolute atomic E-state index is 13.3. The highest BCUT2D eigenvalue weighted by Crippen LogP contribution is 2.30. The lowest BCUT2D eigenvalue weighted by Crippen LogP contribution is -2.09. The summed E-state index contributed by atoms with van der Waals surface area (Å²) in [6.45, 7) is 0. The molecule has 1 heterocycles. The average Bonchev–Trinajstić information content (AvgIpc) is 2.15. The normalized spacial score (nSPS) is 12.1. The summed E-state index contributed by atoms with van der Waals surface area (Å²) >= 11 is 0. The number of halogens is 5. The van der Waals surface area contributed by atoms with Crippen LogP contribution in [0, 0.1) is 11.6 Å². The van der Waals surface area contributed by atoms with Gasteiger partial charge in [0.15, 0.2) is 0 Å². The number of hydrogen-bond acceptors (Lipinski definition) is 1. The van der Waals surface area contributed by atoms with E-state index in [0.717, 1.165) is 12.1 Å². The van der Waals surface area contributed by atoms with Crippen molar-refractivity contribution in [2.24, 2.45) is 0 Å². The first-order valence-electron chi connectivity index (χ1n) is 4.21. The molecule has 0 saturated heterocycles. The topological polar surface area (TPSA) is 12.9 Å². The van der Waals surface area contributed by atoms with Crippen molar-refractivity contribution in [2.75, 3.05) is 0 Å². The number of hydrogen-bond donors (Lipinski definition) is 0. The third kappa shape index (κ3) is 1.70. The molecule has 0 fully saturated rings.